The van der Waals surface area contributed by atoms with E-state index in [2.05, 4.69) is 20.5 Å². The van der Waals surface area contributed by atoms with Crippen LogP contribution in [0.15, 0.2) is 47.6 Å². The van der Waals surface area contributed by atoms with Crippen LogP contribution in [-0.2, 0) is 4.79 Å². The fraction of sp³-hybridized carbons (Fsp3) is 0.167. The van der Waals surface area contributed by atoms with Crippen molar-refractivity contribution in [3.63, 3.8) is 0 Å². The SMILES string of the molecule is COc1ccc(-c2nc(SCC(=O)Nc3cc(Cl)ccc3OC)n[nH]2)cc1. The molecule has 0 atom stereocenters. The lowest BCUT2D eigenvalue weighted by atomic mass is 10.2. The second kappa shape index (κ2) is 8.79. The molecule has 0 radical (unpaired) electrons. The van der Waals surface area contributed by atoms with Crippen molar-refractivity contribution in [1.29, 1.82) is 0 Å². The third kappa shape index (κ3) is 4.93. The Labute approximate surface area is 165 Å². The second-order valence-electron chi connectivity index (χ2n) is 5.38. The third-order valence-electron chi connectivity index (χ3n) is 3.60. The molecule has 1 aromatic heterocycles. The first kappa shape index (κ1) is 19.1. The normalized spacial score (nSPS) is 10.5. The van der Waals surface area contributed by atoms with Gasteiger partial charge in [-0.15, -0.1) is 5.10 Å². The van der Waals surface area contributed by atoms with Crippen LogP contribution in [0.4, 0.5) is 5.69 Å². The Kier molecular flexibility index (Phi) is 6.20. The number of halogens is 1. The number of anilines is 1. The molecule has 2 N–H and O–H groups in total. The fourth-order valence-corrected chi connectivity index (χ4v) is 3.05. The summed E-state index contributed by atoms with van der Waals surface area (Å²) in [6, 6.07) is 12.5. The Hall–Kier alpha value is -2.71. The number of H-pyrrole nitrogens is 1. The van der Waals surface area contributed by atoms with E-state index < -0.39 is 0 Å². The smallest absolute Gasteiger partial charge is 0.234 e. The van der Waals surface area contributed by atoms with E-state index in [1.54, 1.807) is 25.3 Å². The number of ether oxygens (including phenoxy) is 2. The maximum atomic E-state index is 12.2. The number of hydrogen-bond donors (Lipinski definition) is 2. The number of hydrogen-bond acceptors (Lipinski definition) is 6. The quantitative estimate of drug-likeness (QED) is 0.581. The number of nitrogens with one attached hydrogen (secondary N) is 2. The van der Waals surface area contributed by atoms with Gasteiger partial charge in [-0.05, 0) is 42.5 Å². The molecule has 0 unspecified atom stereocenters. The van der Waals surface area contributed by atoms with E-state index in [0.29, 0.717) is 27.4 Å². The van der Waals surface area contributed by atoms with Crippen molar-refractivity contribution in [3.05, 3.63) is 47.5 Å². The van der Waals surface area contributed by atoms with Crippen molar-refractivity contribution in [3.8, 4) is 22.9 Å². The highest BCUT2D eigenvalue weighted by Gasteiger charge is 2.12. The number of benzene rings is 2. The van der Waals surface area contributed by atoms with Gasteiger partial charge in [0.15, 0.2) is 5.82 Å². The monoisotopic (exact) mass is 404 g/mol. The van der Waals surface area contributed by atoms with Crippen LogP contribution >= 0.6 is 23.4 Å². The fourth-order valence-electron chi connectivity index (χ4n) is 2.28. The van der Waals surface area contributed by atoms with Gasteiger partial charge in [0.25, 0.3) is 0 Å². The summed E-state index contributed by atoms with van der Waals surface area (Å²) in [5.41, 5.74) is 1.40. The lowest BCUT2D eigenvalue weighted by molar-refractivity contribution is -0.113. The van der Waals surface area contributed by atoms with Crippen LogP contribution < -0.4 is 14.8 Å². The van der Waals surface area contributed by atoms with E-state index in [-0.39, 0.29) is 11.7 Å². The van der Waals surface area contributed by atoms with Gasteiger partial charge in [-0.2, -0.15) is 0 Å². The molecule has 0 spiro atoms. The van der Waals surface area contributed by atoms with Gasteiger partial charge in [-0.25, -0.2) is 4.98 Å². The molecule has 0 fully saturated rings. The zero-order valence-electron chi connectivity index (χ0n) is 14.7. The molecular weight excluding hydrogens is 388 g/mol. The van der Waals surface area contributed by atoms with Gasteiger partial charge in [-0.3, -0.25) is 9.89 Å². The Morgan fingerprint density at radius 1 is 1.19 bits per heavy atom. The summed E-state index contributed by atoms with van der Waals surface area (Å²) in [5.74, 6) is 1.86. The molecular formula is C18H17ClN4O3S. The Balaban J connectivity index is 1.59. The van der Waals surface area contributed by atoms with Crippen LogP contribution in [0.3, 0.4) is 0 Å². The van der Waals surface area contributed by atoms with Gasteiger partial charge in [0.1, 0.15) is 11.5 Å². The number of rotatable bonds is 7. The van der Waals surface area contributed by atoms with Crippen molar-refractivity contribution in [2.24, 2.45) is 0 Å². The Morgan fingerprint density at radius 3 is 2.67 bits per heavy atom. The van der Waals surface area contributed by atoms with Crippen molar-refractivity contribution < 1.29 is 14.3 Å². The molecule has 0 saturated heterocycles. The summed E-state index contributed by atoms with van der Waals surface area (Å²) in [7, 11) is 3.14. The first-order chi connectivity index (χ1) is 13.1. The summed E-state index contributed by atoms with van der Waals surface area (Å²) in [5, 5.41) is 10.8. The first-order valence-corrected chi connectivity index (χ1v) is 9.28. The molecule has 9 heteroatoms. The summed E-state index contributed by atoms with van der Waals surface area (Å²) in [6.45, 7) is 0. The molecule has 0 saturated carbocycles. The topological polar surface area (TPSA) is 89.1 Å². The minimum Gasteiger partial charge on any atom is -0.497 e. The highest BCUT2D eigenvalue weighted by atomic mass is 35.5. The van der Waals surface area contributed by atoms with Crippen LogP contribution in [0.1, 0.15) is 0 Å². The van der Waals surface area contributed by atoms with E-state index >= 15 is 0 Å². The zero-order chi connectivity index (χ0) is 19.2. The number of amides is 1. The van der Waals surface area contributed by atoms with Gasteiger partial charge >= 0.3 is 0 Å². The third-order valence-corrected chi connectivity index (χ3v) is 4.68. The molecule has 0 bridgehead atoms. The van der Waals surface area contributed by atoms with Gasteiger partial charge in [0.05, 0.1) is 25.7 Å². The number of aromatic nitrogens is 3. The number of thioether (sulfide) groups is 1. The highest BCUT2D eigenvalue weighted by Crippen LogP contribution is 2.28. The molecule has 1 amide bonds. The average Bonchev–Trinajstić information content (AvgIpc) is 3.16. The number of carbonyl (C=O) groups is 1. The Bertz CT molecular complexity index is 931. The predicted octanol–water partition coefficient (Wildman–Crippen LogP) is 3.87. The van der Waals surface area contributed by atoms with Crippen molar-refractivity contribution in [2.75, 3.05) is 25.3 Å². The van der Waals surface area contributed by atoms with Gasteiger partial charge in [0.2, 0.25) is 11.1 Å². The molecule has 1 heterocycles. The first-order valence-electron chi connectivity index (χ1n) is 7.92. The predicted molar refractivity (Wildman–Crippen MR) is 106 cm³/mol. The minimum atomic E-state index is -0.212. The Morgan fingerprint density at radius 2 is 1.96 bits per heavy atom. The van der Waals surface area contributed by atoms with E-state index in [4.69, 9.17) is 21.1 Å². The molecule has 3 aromatic rings. The molecule has 0 aliphatic carbocycles. The van der Waals surface area contributed by atoms with E-state index in [1.165, 1.54) is 18.9 Å². The lowest BCUT2D eigenvalue weighted by Crippen LogP contribution is -2.14. The van der Waals surface area contributed by atoms with E-state index in [0.717, 1.165) is 11.3 Å². The molecule has 140 valence electrons. The van der Waals surface area contributed by atoms with E-state index in [9.17, 15) is 4.79 Å². The maximum absolute atomic E-state index is 12.2. The van der Waals surface area contributed by atoms with Crippen molar-refractivity contribution in [2.45, 2.75) is 5.16 Å². The van der Waals surface area contributed by atoms with Gasteiger partial charge in [-0.1, -0.05) is 23.4 Å². The molecule has 0 aliphatic heterocycles. The molecule has 27 heavy (non-hydrogen) atoms. The van der Waals surface area contributed by atoms with Gasteiger partial charge in [0, 0.05) is 10.6 Å². The molecule has 3 rings (SSSR count). The summed E-state index contributed by atoms with van der Waals surface area (Å²) in [6.07, 6.45) is 0. The molecule has 7 nitrogen and oxygen atoms in total. The van der Waals surface area contributed by atoms with Crippen LogP contribution in [0, 0.1) is 0 Å². The number of nitrogens with zero attached hydrogens (tertiary/aromatic N) is 2. The van der Waals surface area contributed by atoms with Crippen LogP contribution in [-0.4, -0.2) is 41.1 Å². The molecule has 2 aromatic carbocycles. The van der Waals surface area contributed by atoms with E-state index in [1.807, 2.05) is 24.3 Å². The summed E-state index contributed by atoms with van der Waals surface area (Å²) in [4.78, 5) is 16.6. The maximum Gasteiger partial charge on any atom is 0.234 e. The highest BCUT2D eigenvalue weighted by molar-refractivity contribution is 7.99. The number of carbonyl (C=O) groups excluding carboxylic acids is 1. The second-order valence-corrected chi connectivity index (χ2v) is 6.76. The van der Waals surface area contributed by atoms with Crippen molar-refractivity contribution in [1.82, 2.24) is 15.2 Å². The lowest BCUT2D eigenvalue weighted by Gasteiger charge is -2.09. The summed E-state index contributed by atoms with van der Waals surface area (Å²) >= 11 is 7.19. The van der Waals surface area contributed by atoms with Crippen LogP contribution in [0.25, 0.3) is 11.4 Å². The van der Waals surface area contributed by atoms with Crippen LogP contribution in [0.2, 0.25) is 5.02 Å². The largest absolute Gasteiger partial charge is 0.497 e. The standard InChI is InChI=1S/C18H17ClN4O3S/c1-25-13-6-3-11(4-7-13)17-21-18(23-22-17)27-10-16(24)20-14-9-12(19)5-8-15(14)26-2/h3-9H,10H2,1-2H3,(H,20,24)(H,21,22,23). The zero-order valence-corrected chi connectivity index (χ0v) is 16.2. The number of aromatic amines is 1. The summed E-state index contributed by atoms with van der Waals surface area (Å²) < 4.78 is 10.3. The molecule has 0 aliphatic rings. The number of methoxy groups -OCH3 is 2. The van der Waals surface area contributed by atoms with Gasteiger partial charge < -0.3 is 14.8 Å². The van der Waals surface area contributed by atoms with Crippen LogP contribution in [0.5, 0.6) is 11.5 Å². The minimum absolute atomic E-state index is 0.148. The average molecular weight is 405 g/mol. The van der Waals surface area contributed by atoms with Crippen molar-refractivity contribution >= 4 is 35.0 Å².